The van der Waals surface area contributed by atoms with Crippen LogP contribution in [0.15, 0.2) is 0 Å². The van der Waals surface area contributed by atoms with Gasteiger partial charge in [-0.25, -0.2) is 0 Å². The molecule has 0 aliphatic rings. The molecule has 4 nitrogen and oxygen atoms in total. The summed E-state index contributed by atoms with van der Waals surface area (Å²) in [5.74, 6) is -0.483. The quantitative estimate of drug-likeness (QED) is 0.640. The molecule has 0 fully saturated rings. The van der Waals surface area contributed by atoms with Crippen LogP contribution in [0.4, 0.5) is 0 Å². The van der Waals surface area contributed by atoms with E-state index in [1.54, 1.807) is 13.8 Å². The summed E-state index contributed by atoms with van der Waals surface area (Å²) in [6, 6.07) is -0.873. The van der Waals surface area contributed by atoms with Crippen LogP contribution in [0.3, 0.4) is 0 Å². The largest absolute Gasteiger partial charge is 0.345 e. The number of carbonyl (C=O) groups excluding carboxylic acids is 2. The van der Waals surface area contributed by atoms with Gasteiger partial charge in [0.05, 0.1) is 12.1 Å². The van der Waals surface area contributed by atoms with Crippen molar-refractivity contribution in [3.63, 3.8) is 0 Å². The Balaban J connectivity index is 3.98. The van der Waals surface area contributed by atoms with E-state index in [9.17, 15) is 9.59 Å². The molecule has 0 radical (unpaired) electrons. The van der Waals surface area contributed by atoms with Crippen LogP contribution in [0.5, 0.6) is 0 Å². The first-order valence-corrected chi connectivity index (χ1v) is 4.38. The van der Waals surface area contributed by atoms with Crippen molar-refractivity contribution >= 4 is 11.7 Å². The zero-order chi connectivity index (χ0) is 11.1. The van der Waals surface area contributed by atoms with E-state index in [0.29, 0.717) is 6.54 Å². The van der Waals surface area contributed by atoms with Crippen LogP contribution in [0, 0.1) is 0 Å². The maximum Gasteiger partial charge on any atom is 0.237 e. The molecule has 0 aromatic heterocycles. The Labute approximate surface area is 80.5 Å². The summed E-state index contributed by atoms with van der Waals surface area (Å²) in [6.07, 6.45) is 0. The third-order valence-electron chi connectivity index (χ3n) is 1.75. The van der Waals surface area contributed by atoms with Crippen LogP contribution in [0.1, 0.15) is 29.0 Å². The number of nitrogens with one attached hydrogen (secondary N) is 2. The van der Waals surface area contributed by atoms with Gasteiger partial charge in [-0.15, -0.1) is 0 Å². The summed E-state index contributed by atoms with van der Waals surface area (Å²) in [6.45, 7) is 5.64. The topological polar surface area (TPSA) is 58.2 Å². The van der Waals surface area contributed by atoms with Crippen molar-refractivity contribution in [3.05, 3.63) is 0 Å². The number of likely N-dealkylation sites (N-methyl/N-ethyl adjacent to an activating group) is 1. The summed E-state index contributed by atoms with van der Waals surface area (Å²) in [5.41, 5.74) is 0. The van der Waals surface area contributed by atoms with Crippen LogP contribution in [0.2, 0.25) is 0 Å². The summed E-state index contributed by atoms with van der Waals surface area (Å²) < 4.78 is 6.86. The van der Waals surface area contributed by atoms with Crippen LogP contribution < -0.4 is 10.6 Å². The molecule has 0 aliphatic carbocycles. The van der Waals surface area contributed by atoms with Gasteiger partial charge in [-0.1, -0.05) is 6.92 Å². The van der Waals surface area contributed by atoms with Gasteiger partial charge in [-0.2, -0.15) is 0 Å². The fourth-order valence-electron chi connectivity index (χ4n) is 0.818. The minimum Gasteiger partial charge on any atom is -0.345 e. The molecule has 4 heteroatoms. The zero-order valence-corrected chi connectivity index (χ0v) is 8.39. The second-order valence-corrected chi connectivity index (χ2v) is 2.98. The van der Waals surface area contributed by atoms with Crippen molar-refractivity contribution in [1.82, 2.24) is 10.6 Å². The lowest BCUT2D eigenvalue weighted by Gasteiger charge is -2.15. The van der Waals surface area contributed by atoms with Gasteiger partial charge in [0.25, 0.3) is 0 Å². The van der Waals surface area contributed by atoms with E-state index in [2.05, 4.69) is 10.6 Å². The molecule has 2 atom stereocenters. The first-order chi connectivity index (χ1) is 6.52. The van der Waals surface area contributed by atoms with E-state index >= 15 is 0 Å². The molecule has 0 saturated carbocycles. The molecule has 0 saturated heterocycles. The van der Waals surface area contributed by atoms with Gasteiger partial charge in [0.1, 0.15) is 0 Å². The normalized spacial score (nSPS) is 15.8. The molecule has 0 rings (SSSR count). The number of Topliss-reactive ketones (excluding diaryl/α,β-unsaturated/α-hetero) is 1. The summed E-state index contributed by atoms with van der Waals surface area (Å²) >= 11 is 0. The highest BCUT2D eigenvalue weighted by molar-refractivity contribution is 5.89. The van der Waals surface area contributed by atoms with Crippen molar-refractivity contribution in [2.45, 2.75) is 39.8 Å². The van der Waals surface area contributed by atoms with Gasteiger partial charge in [-0.3, -0.25) is 9.59 Å². The molecule has 1 amide bonds. The van der Waals surface area contributed by atoms with Crippen LogP contribution >= 0.6 is 0 Å². The Hall–Kier alpha value is -0.900. The van der Waals surface area contributed by atoms with Crippen LogP contribution in [-0.2, 0) is 9.59 Å². The molecule has 2 N–H and O–H groups in total. The lowest BCUT2D eigenvalue weighted by Crippen LogP contribution is -2.47. The molecule has 76 valence electrons. The number of rotatable bonds is 5. The summed E-state index contributed by atoms with van der Waals surface area (Å²) in [4.78, 5) is 22.4. The van der Waals surface area contributed by atoms with E-state index < -0.39 is 6.04 Å². The minimum absolute atomic E-state index is 0.207. The van der Waals surface area contributed by atoms with Crippen molar-refractivity contribution in [2.24, 2.45) is 0 Å². The molecule has 13 heavy (non-hydrogen) atoms. The summed E-state index contributed by atoms with van der Waals surface area (Å²) in [7, 11) is 0. The maximum atomic E-state index is 11.4. The van der Waals surface area contributed by atoms with Crippen LogP contribution in [-0.4, -0.2) is 30.3 Å². The Morgan fingerprint density at radius 2 is 2.00 bits per heavy atom. The number of hydrogen-bond donors (Lipinski definition) is 2. The Morgan fingerprint density at radius 3 is 2.46 bits per heavy atom. The molecule has 2 unspecified atom stereocenters. The lowest BCUT2D eigenvalue weighted by molar-refractivity contribution is -0.127. The second kappa shape index (κ2) is 5.70. The van der Waals surface area contributed by atoms with Gasteiger partial charge < -0.3 is 10.6 Å². The van der Waals surface area contributed by atoms with E-state index in [4.69, 9.17) is 1.37 Å². The molecule has 0 spiro atoms. The average Bonchev–Trinajstić information content (AvgIpc) is 2.16. The monoisotopic (exact) mass is 187 g/mol. The van der Waals surface area contributed by atoms with Gasteiger partial charge in [-0.05, 0) is 27.3 Å². The third-order valence-corrected chi connectivity index (χ3v) is 1.75. The number of amides is 1. The molecular weight excluding hydrogens is 168 g/mol. The highest BCUT2D eigenvalue weighted by Gasteiger charge is 2.15. The highest BCUT2D eigenvalue weighted by Crippen LogP contribution is 1.87. The van der Waals surface area contributed by atoms with E-state index in [0.717, 1.165) is 0 Å². The highest BCUT2D eigenvalue weighted by atomic mass is 16.2. The maximum absolute atomic E-state index is 11.4. The van der Waals surface area contributed by atoms with Crippen molar-refractivity contribution in [1.29, 1.82) is 0 Å². The Kier molecular flexibility index (Phi) is 4.46. The summed E-state index contributed by atoms with van der Waals surface area (Å²) in [5, 5.41) is 5.48. The number of carbonyl (C=O) groups is 2. The van der Waals surface area contributed by atoms with Gasteiger partial charge in [0.15, 0.2) is 5.78 Å². The Bertz CT molecular complexity index is 209. The molecule has 0 aliphatic heterocycles. The first kappa shape index (κ1) is 10.2. The van der Waals surface area contributed by atoms with E-state index in [1.807, 2.05) is 6.92 Å². The average molecular weight is 187 g/mol. The third kappa shape index (κ3) is 4.62. The van der Waals surface area contributed by atoms with Gasteiger partial charge in [0, 0.05) is 1.37 Å². The van der Waals surface area contributed by atoms with E-state index in [1.165, 1.54) is 0 Å². The van der Waals surface area contributed by atoms with Gasteiger partial charge in [0.2, 0.25) is 5.91 Å². The first-order valence-electron chi connectivity index (χ1n) is 5.09. The van der Waals surface area contributed by atoms with Gasteiger partial charge >= 0.3 is 0 Å². The Morgan fingerprint density at radius 1 is 1.38 bits per heavy atom. The molecule has 0 aromatic carbocycles. The standard InChI is InChI=1S/C9H18N2O2/c1-5-10-7(3)9(13)11-6(2)8(4)12/h6-7,10H,5H2,1-4H3,(H,11,13)/i4D. The second-order valence-electron chi connectivity index (χ2n) is 2.98. The van der Waals surface area contributed by atoms with Crippen LogP contribution in [0.25, 0.3) is 0 Å². The van der Waals surface area contributed by atoms with Crippen molar-refractivity contribution in [2.75, 3.05) is 6.54 Å². The van der Waals surface area contributed by atoms with Crippen molar-refractivity contribution in [3.8, 4) is 0 Å². The molecule has 0 aromatic rings. The van der Waals surface area contributed by atoms with E-state index in [-0.39, 0.29) is 24.6 Å². The lowest BCUT2D eigenvalue weighted by atomic mass is 10.2. The SMILES string of the molecule is [2H]CC(=O)C(C)NC(=O)C(C)NCC. The number of ketones is 1. The van der Waals surface area contributed by atoms with Crippen molar-refractivity contribution < 1.29 is 11.0 Å². The minimum atomic E-state index is -0.568. The molecular formula is C9H18N2O2. The predicted octanol–water partition coefficient (Wildman–Crippen LogP) is 0.0781. The smallest absolute Gasteiger partial charge is 0.237 e. The molecule has 0 bridgehead atoms. The molecule has 0 heterocycles. The fraction of sp³-hybridized carbons (Fsp3) is 0.778. The fourth-order valence-corrected chi connectivity index (χ4v) is 0.818. The predicted molar refractivity (Wildman–Crippen MR) is 51.4 cm³/mol. The number of hydrogen-bond acceptors (Lipinski definition) is 3. The zero-order valence-electron chi connectivity index (χ0n) is 9.39.